The van der Waals surface area contributed by atoms with Gasteiger partial charge in [-0.3, -0.25) is 4.79 Å². The Morgan fingerprint density at radius 3 is 2.46 bits per heavy atom. The number of carbonyl (C=O) groups is 1. The van der Waals surface area contributed by atoms with Crippen molar-refractivity contribution in [3.63, 3.8) is 0 Å². The van der Waals surface area contributed by atoms with Crippen molar-refractivity contribution in [2.75, 3.05) is 11.9 Å². The zero-order valence-electron chi connectivity index (χ0n) is 14.4. The summed E-state index contributed by atoms with van der Waals surface area (Å²) in [5, 5.41) is 7.48. The van der Waals surface area contributed by atoms with Crippen molar-refractivity contribution in [1.29, 1.82) is 0 Å². The van der Waals surface area contributed by atoms with Crippen LogP contribution in [0.15, 0.2) is 59.7 Å². The molecule has 0 aliphatic heterocycles. The van der Waals surface area contributed by atoms with Crippen molar-refractivity contribution in [2.24, 2.45) is 5.10 Å². The fourth-order valence-electron chi connectivity index (χ4n) is 2.36. The summed E-state index contributed by atoms with van der Waals surface area (Å²) >= 11 is 0. The summed E-state index contributed by atoms with van der Waals surface area (Å²) in [5.74, 6) is -0.150. The van der Waals surface area contributed by atoms with Gasteiger partial charge in [-0.1, -0.05) is 61.9 Å². The predicted molar refractivity (Wildman–Crippen MR) is 100 cm³/mol. The van der Waals surface area contributed by atoms with E-state index in [4.69, 9.17) is 0 Å². The zero-order chi connectivity index (χ0) is 17.2. The second kappa shape index (κ2) is 9.50. The van der Waals surface area contributed by atoms with E-state index in [9.17, 15) is 4.79 Å². The lowest BCUT2D eigenvalue weighted by Gasteiger charge is -2.09. The number of nitrogens with one attached hydrogen (secondary N) is 2. The van der Waals surface area contributed by atoms with Crippen molar-refractivity contribution >= 4 is 17.3 Å². The van der Waals surface area contributed by atoms with Gasteiger partial charge in [-0.25, -0.2) is 5.43 Å². The van der Waals surface area contributed by atoms with E-state index in [2.05, 4.69) is 22.8 Å². The van der Waals surface area contributed by atoms with Crippen molar-refractivity contribution < 1.29 is 4.79 Å². The summed E-state index contributed by atoms with van der Waals surface area (Å²) in [6, 6.07) is 17.9. The number of aryl methyl sites for hydroxylation is 1. The molecule has 0 aliphatic rings. The first-order chi connectivity index (χ1) is 11.7. The molecule has 4 nitrogen and oxygen atoms in total. The summed E-state index contributed by atoms with van der Waals surface area (Å²) in [7, 11) is 0. The van der Waals surface area contributed by atoms with E-state index in [1.165, 1.54) is 0 Å². The molecule has 0 aliphatic carbocycles. The van der Waals surface area contributed by atoms with Gasteiger partial charge in [-0.2, -0.15) is 5.10 Å². The SMILES string of the molecule is CCCCC(=NNC(=O)CNc1ccccc1C)c1ccccc1. The van der Waals surface area contributed by atoms with Gasteiger partial charge in [0.1, 0.15) is 0 Å². The molecule has 2 aromatic rings. The number of unbranched alkanes of at least 4 members (excludes halogenated alkanes) is 1. The molecule has 2 N–H and O–H groups in total. The number of rotatable bonds is 8. The average molecular weight is 323 g/mol. The number of carbonyl (C=O) groups excluding carboxylic acids is 1. The first-order valence-electron chi connectivity index (χ1n) is 8.41. The minimum atomic E-state index is -0.150. The number of benzene rings is 2. The second-order valence-electron chi connectivity index (χ2n) is 5.73. The molecule has 0 bridgehead atoms. The number of nitrogens with zero attached hydrogens (tertiary/aromatic N) is 1. The van der Waals surface area contributed by atoms with Gasteiger partial charge in [0.25, 0.3) is 5.91 Å². The third kappa shape index (κ3) is 5.54. The van der Waals surface area contributed by atoms with Gasteiger partial charge < -0.3 is 5.32 Å². The molecular formula is C20H25N3O. The van der Waals surface area contributed by atoms with E-state index in [0.717, 1.165) is 41.8 Å². The average Bonchev–Trinajstić information content (AvgIpc) is 2.62. The number of hydrazone groups is 1. The molecule has 2 aromatic carbocycles. The van der Waals surface area contributed by atoms with Crippen LogP contribution >= 0.6 is 0 Å². The molecule has 4 heteroatoms. The van der Waals surface area contributed by atoms with E-state index in [0.29, 0.717) is 0 Å². The van der Waals surface area contributed by atoms with Gasteiger partial charge in [0.05, 0.1) is 12.3 Å². The van der Waals surface area contributed by atoms with Crippen LogP contribution in [0.25, 0.3) is 0 Å². The third-order valence-corrected chi connectivity index (χ3v) is 3.77. The van der Waals surface area contributed by atoms with Crippen LogP contribution in [0.1, 0.15) is 37.3 Å². The Balaban J connectivity index is 1.95. The summed E-state index contributed by atoms with van der Waals surface area (Å²) < 4.78 is 0. The molecule has 0 atom stereocenters. The largest absolute Gasteiger partial charge is 0.376 e. The Kier molecular flexibility index (Phi) is 7.02. The van der Waals surface area contributed by atoms with E-state index in [1.807, 2.05) is 61.5 Å². The van der Waals surface area contributed by atoms with Crippen LogP contribution < -0.4 is 10.7 Å². The molecule has 0 spiro atoms. The predicted octanol–water partition coefficient (Wildman–Crippen LogP) is 4.12. The maximum absolute atomic E-state index is 12.1. The van der Waals surface area contributed by atoms with Crippen LogP contribution in [-0.2, 0) is 4.79 Å². The highest BCUT2D eigenvalue weighted by atomic mass is 16.2. The molecule has 0 saturated heterocycles. The van der Waals surface area contributed by atoms with Crippen LogP contribution in [0.2, 0.25) is 0 Å². The lowest BCUT2D eigenvalue weighted by molar-refractivity contribution is -0.119. The first kappa shape index (κ1) is 17.7. The van der Waals surface area contributed by atoms with Crippen LogP contribution in [0.4, 0.5) is 5.69 Å². The smallest absolute Gasteiger partial charge is 0.259 e. The number of anilines is 1. The maximum Gasteiger partial charge on any atom is 0.259 e. The standard InChI is InChI=1S/C20H25N3O/c1-3-4-13-19(17-11-6-5-7-12-17)22-23-20(24)15-21-18-14-9-8-10-16(18)2/h5-12,14,21H,3-4,13,15H2,1-2H3,(H,23,24). The lowest BCUT2D eigenvalue weighted by Crippen LogP contribution is -2.27. The van der Waals surface area contributed by atoms with Gasteiger partial charge in [-0.05, 0) is 37.0 Å². The third-order valence-electron chi connectivity index (χ3n) is 3.77. The topological polar surface area (TPSA) is 53.5 Å². The Bertz CT molecular complexity index is 680. The number of para-hydroxylation sites is 1. The van der Waals surface area contributed by atoms with E-state index in [-0.39, 0.29) is 12.5 Å². The monoisotopic (exact) mass is 323 g/mol. The maximum atomic E-state index is 12.1. The lowest BCUT2D eigenvalue weighted by atomic mass is 10.1. The van der Waals surface area contributed by atoms with Crippen molar-refractivity contribution in [1.82, 2.24) is 5.43 Å². The van der Waals surface area contributed by atoms with Gasteiger partial charge in [0.2, 0.25) is 0 Å². The molecule has 0 saturated carbocycles. The highest BCUT2D eigenvalue weighted by molar-refractivity contribution is 6.01. The molecule has 1 amide bonds. The fraction of sp³-hybridized carbons (Fsp3) is 0.300. The van der Waals surface area contributed by atoms with Crippen molar-refractivity contribution in [2.45, 2.75) is 33.1 Å². The molecule has 0 unspecified atom stereocenters. The highest BCUT2D eigenvalue weighted by Crippen LogP contribution is 2.12. The molecular weight excluding hydrogens is 298 g/mol. The second-order valence-corrected chi connectivity index (χ2v) is 5.73. The van der Waals surface area contributed by atoms with Gasteiger partial charge >= 0.3 is 0 Å². The molecule has 126 valence electrons. The van der Waals surface area contributed by atoms with Gasteiger partial charge in [-0.15, -0.1) is 0 Å². The molecule has 0 aromatic heterocycles. The number of amides is 1. The minimum absolute atomic E-state index is 0.150. The first-order valence-corrected chi connectivity index (χ1v) is 8.41. The molecule has 24 heavy (non-hydrogen) atoms. The highest BCUT2D eigenvalue weighted by Gasteiger charge is 2.05. The quantitative estimate of drug-likeness (QED) is 0.567. The molecule has 0 radical (unpaired) electrons. The van der Waals surface area contributed by atoms with Crippen molar-refractivity contribution in [3.05, 3.63) is 65.7 Å². The Hall–Kier alpha value is -2.62. The number of hydrogen-bond donors (Lipinski definition) is 2. The molecule has 0 fully saturated rings. The van der Waals surface area contributed by atoms with Crippen LogP contribution in [0.3, 0.4) is 0 Å². The molecule has 2 rings (SSSR count). The van der Waals surface area contributed by atoms with Gasteiger partial charge in [0.15, 0.2) is 0 Å². The van der Waals surface area contributed by atoms with Crippen LogP contribution in [0, 0.1) is 6.92 Å². The van der Waals surface area contributed by atoms with Crippen LogP contribution in [0.5, 0.6) is 0 Å². The Morgan fingerprint density at radius 1 is 1.04 bits per heavy atom. The normalized spacial score (nSPS) is 11.2. The number of hydrogen-bond acceptors (Lipinski definition) is 3. The van der Waals surface area contributed by atoms with Crippen molar-refractivity contribution in [3.8, 4) is 0 Å². The van der Waals surface area contributed by atoms with Gasteiger partial charge in [0, 0.05) is 5.69 Å². The van der Waals surface area contributed by atoms with Crippen LogP contribution in [-0.4, -0.2) is 18.2 Å². The Morgan fingerprint density at radius 2 is 1.75 bits per heavy atom. The van der Waals surface area contributed by atoms with E-state index < -0.39 is 0 Å². The Labute approximate surface area is 144 Å². The summed E-state index contributed by atoms with van der Waals surface area (Å²) in [4.78, 5) is 12.1. The fourth-order valence-corrected chi connectivity index (χ4v) is 2.36. The summed E-state index contributed by atoms with van der Waals surface area (Å²) in [6.45, 7) is 4.36. The van der Waals surface area contributed by atoms with E-state index >= 15 is 0 Å². The molecule has 0 heterocycles. The minimum Gasteiger partial charge on any atom is -0.376 e. The summed E-state index contributed by atoms with van der Waals surface area (Å²) in [6.07, 6.45) is 2.99. The zero-order valence-corrected chi connectivity index (χ0v) is 14.4. The van der Waals surface area contributed by atoms with E-state index in [1.54, 1.807) is 0 Å². The summed E-state index contributed by atoms with van der Waals surface area (Å²) in [5.41, 5.74) is 6.71.